The van der Waals surface area contributed by atoms with Crippen molar-refractivity contribution in [1.29, 1.82) is 0 Å². The fraction of sp³-hybridized carbons (Fsp3) is 0.381. The lowest BCUT2D eigenvalue weighted by Crippen LogP contribution is -2.38. The summed E-state index contributed by atoms with van der Waals surface area (Å²) in [5.74, 6) is 0.613. The number of H-pyrrole nitrogens is 1. The molecule has 4 rings (SSSR count). The normalized spacial score (nSPS) is 17.4. The second kappa shape index (κ2) is 7.62. The first kappa shape index (κ1) is 19.0. The molecule has 8 nitrogen and oxygen atoms in total. The van der Waals surface area contributed by atoms with E-state index in [-0.39, 0.29) is 23.2 Å². The van der Waals surface area contributed by atoms with Crippen molar-refractivity contribution in [3.05, 3.63) is 65.5 Å². The van der Waals surface area contributed by atoms with E-state index in [1.807, 2.05) is 36.3 Å². The first-order chi connectivity index (χ1) is 13.9. The van der Waals surface area contributed by atoms with E-state index in [9.17, 15) is 4.79 Å². The fourth-order valence-corrected chi connectivity index (χ4v) is 3.82. The average Bonchev–Trinajstić information content (AvgIpc) is 3.22. The predicted molar refractivity (Wildman–Crippen MR) is 109 cm³/mol. The Bertz CT molecular complexity index is 986. The van der Waals surface area contributed by atoms with Gasteiger partial charge in [0.15, 0.2) is 0 Å². The van der Waals surface area contributed by atoms with Gasteiger partial charge in [0, 0.05) is 25.4 Å². The zero-order valence-corrected chi connectivity index (χ0v) is 16.9. The van der Waals surface area contributed by atoms with Gasteiger partial charge < -0.3 is 10.2 Å². The SMILES string of the molecule is CN(Cc1ccccc1)c1ncc2c(n1)CC(C)(C)C[C@@H]2NC(=O)c1ncn[nH]1. The van der Waals surface area contributed by atoms with Crippen LogP contribution in [0.2, 0.25) is 0 Å². The summed E-state index contributed by atoms with van der Waals surface area (Å²) in [6, 6.07) is 10.1. The maximum atomic E-state index is 12.5. The van der Waals surface area contributed by atoms with Crippen molar-refractivity contribution in [2.24, 2.45) is 5.41 Å². The van der Waals surface area contributed by atoms with Crippen LogP contribution in [0.4, 0.5) is 5.95 Å². The molecule has 1 aliphatic rings. The Morgan fingerprint density at radius 3 is 2.79 bits per heavy atom. The lowest BCUT2D eigenvalue weighted by Gasteiger charge is -2.36. The van der Waals surface area contributed by atoms with E-state index in [0.29, 0.717) is 5.95 Å². The number of hydrogen-bond donors (Lipinski definition) is 2. The van der Waals surface area contributed by atoms with Crippen LogP contribution in [0.25, 0.3) is 0 Å². The van der Waals surface area contributed by atoms with Crippen molar-refractivity contribution in [2.75, 3.05) is 11.9 Å². The maximum Gasteiger partial charge on any atom is 0.289 e. The van der Waals surface area contributed by atoms with Gasteiger partial charge in [-0.25, -0.2) is 15.0 Å². The Kier molecular flexibility index (Phi) is 5.00. The van der Waals surface area contributed by atoms with Gasteiger partial charge in [0.25, 0.3) is 5.91 Å². The number of amides is 1. The highest BCUT2D eigenvalue weighted by molar-refractivity contribution is 5.90. The third-order valence-corrected chi connectivity index (χ3v) is 5.20. The number of fused-ring (bicyclic) bond motifs is 1. The minimum absolute atomic E-state index is 0.00991. The summed E-state index contributed by atoms with van der Waals surface area (Å²) in [7, 11) is 1.99. The topological polar surface area (TPSA) is 99.7 Å². The summed E-state index contributed by atoms with van der Waals surface area (Å²) >= 11 is 0. The lowest BCUT2D eigenvalue weighted by molar-refractivity contribution is 0.0908. The number of hydrogen-bond acceptors (Lipinski definition) is 6. The van der Waals surface area contributed by atoms with Gasteiger partial charge >= 0.3 is 0 Å². The molecule has 150 valence electrons. The molecule has 1 amide bonds. The lowest BCUT2D eigenvalue weighted by atomic mass is 9.74. The summed E-state index contributed by atoms with van der Waals surface area (Å²) < 4.78 is 0. The summed E-state index contributed by atoms with van der Waals surface area (Å²) in [4.78, 5) is 27.9. The van der Waals surface area contributed by atoms with Gasteiger partial charge in [-0.05, 0) is 23.8 Å². The number of nitrogens with zero attached hydrogens (tertiary/aromatic N) is 5. The number of anilines is 1. The van der Waals surface area contributed by atoms with Gasteiger partial charge in [-0.15, -0.1) is 0 Å². The van der Waals surface area contributed by atoms with E-state index >= 15 is 0 Å². The van der Waals surface area contributed by atoms with Crippen LogP contribution in [-0.4, -0.2) is 38.1 Å². The van der Waals surface area contributed by atoms with Gasteiger partial charge in [0.1, 0.15) is 6.33 Å². The number of aromatic amines is 1. The smallest absolute Gasteiger partial charge is 0.289 e. The summed E-state index contributed by atoms with van der Waals surface area (Å²) in [6.45, 7) is 5.12. The highest BCUT2D eigenvalue weighted by Crippen LogP contribution is 2.40. The molecule has 29 heavy (non-hydrogen) atoms. The van der Waals surface area contributed by atoms with E-state index in [1.165, 1.54) is 11.9 Å². The Hall–Kier alpha value is -3.29. The van der Waals surface area contributed by atoms with Gasteiger partial charge in [0.2, 0.25) is 11.8 Å². The third-order valence-electron chi connectivity index (χ3n) is 5.20. The molecule has 1 aromatic carbocycles. The quantitative estimate of drug-likeness (QED) is 0.694. The second-order valence-corrected chi connectivity index (χ2v) is 8.32. The van der Waals surface area contributed by atoms with Crippen LogP contribution in [0.3, 0.4) is 0 Å². The summed E-state index contributed by atoms with van der Waals surface area (Å²) in [5, 5.41) is 9.41. The van der Waals surface area contributed by atoms with E-state index in [0.717, 1.165) is 30.6 Å². The predicted octanol–water partition coefficient (Wildman–Crippen LogP) is 2.67. The molecule has 1 atom stereocenters. The molecule has 2 heterocycles. The van der Waals surface area contributed by atoms with E-state index in [2.05, 4.69) is 51.5 Å². The van der Waals surface area contributed by atoms with E-state index in [4.69, 9.17) is 4.98 Å². The number of rotatable bonds is 5. The Labute approximate surface area is 169 Å². The molecule has 2 aromatic heterocycles. The van der Waals surface area contributed by atoms with Crippen molar-refractivity contribution >= 4 is 11.9 Å². The number of aromatic nitrogens is 5. The zero-order valence-electron chi connectivity index (χ0n) is 16.9. The molecule has 0 bridgehead atoms. The van der Waals surface area contributed by atoms with Crippen LogP contribution in [0.15, 0.2) is 42.9 Å². The standard InChI is InChI=1S/C21H25N7O/c1-21(2)9-16(25-19(29)18-23-13-24-27-18)15-11-22-20(26-17(15)10-21)28(3)12-14-7-5-4-6-8-14/h4-8,11,13,16H,9-10,12H2,1-3H3,(H,25,29)(H,23,24,27)/t16-/m0/s1. The zero-order chi connectivity index (χ0) is 20.4. The van der Waals surface area contributed by atoms with E-state index in [1.54, 1.807) is 0 Å². The maximum absolute atomic E-state index is 12.5. The van der Waals surface area contributed by atoms with Crippen molar-refractivity contribution in [3.63, 3.8) is 0 Å². The van der Waals surface area contributed by atoms with Crippen molar-refractivity contribution in [3.8, 4) is 0 Å². The summed E-state index contributed by atoms with van der Waals surface area (Å²) in [5.41, 5.74) is 3.16. The Balaban J connectivity index is 1.57. The van der Waals surface area contributed by atoms with Crippen LogP contribution in [0, 0.1) is 5.41 Å². The largest absolute Gasteiger partial charge is 0.342 e. The molecule has 0 spiro atoms. The van der Waals surface area contributed by atoms with E-state index < -0.39 is 0 Å². The molecule has 1 aliphatic carbocycles. The molecule has 3 aromatic rings. The van der Waals surface area contributed by atoms with Crippen molar-refractivity contribution in [1.82, 2.24) is 30.5 Å². The van der Waals surface area contributed by atoms with Gasteiger partial charge in [0.05, 0.1) is 11.7 Å². The van der Waals surface area contributed by atoms with Gasteiger partial charge in [-0.3, -0.25) is 9.89 Å². The highest BCUT2D eigenvalue weighted by atomic mass is 16.2. The molecular weight excluding hydrogens is 366 g/mol. The van der Waals surface area contributed by atoms with Crippen LogP contribution in [0.1, 0.15) is 53.7 Å². The molecule has 0 radical (unpaired) electrons. The molecule has 0 saturated heterocycles. The fourth-order valence-electron chi connectivity index (χ4n) is 3.82. The van der Waals surface area contributed by atoms with Crippen LogP contribution < -0.4 is 10.2 Å². The van der Waals surface area contributed by atoms with Crippen molar-refractivity contribution in [2.45, 2.75) is 39.3 Å². The van der Waals surface area contributed by atoms with Crippen LogP contribution in [-0.2, 0) is 13.0 Å². The number of benzene rings is 1. The Morgan fingerprint density at radius 2 is 2.07 bits per heavy atom. The first-order valence-corrected chi connectivity index (χ1v) is 9.68. The van der Waals surface area contributed by atoms with Crippen LogP contribution >= 0.6 is 0 Å². The highest BCUT2D eigenvalue weighted by Gasteiger charge is 2.35. The van der Waals surface area contributed by atoms with Crippen LogP contribution in [0.5, 0.6) is 0 Å². The molecule has 2 N–H and O–H groups in total. The average molecular weight is 391 g/mol. The minimum Gasteiger partial charge on any atom is -0.342 e. The molecule has 8 heteroatoms. The second-order valence-electron chi connectivity index (χ2n) is 8.32. The minimum atomic E-state index is -0.276. The number of nitrogens with one attached hydrogen (secondary N) is 2. The van der Waals surface area contributed by atoms with Gasteiger partial charge in [-0.1, -0.05) is 44.2 Å². The third kappa shape index (κ3) is 4.26. The van der Waals surface area contributed by atoms with Gasteiger partial charge in [-0.2, -0.15) is 5.10 Å². The Morgan fingerprint density at radius 1 is 1.28 bits per heavy atom. The summed E-state index contributed by atoms with van der Waals surface area (Å²) in [6.07, 6.45) is 4.82. The molecule has 0 unspecified atom stereocenters. The molecule has 0 saturated carbocycles. The number of carbonyl (C=O) groups is 1. The van der Waals surface area contributed by atoms with Crippen molar-refractivity contribution < 1.29 is 4.79 Å². The monoisotopic (exact) mass is 391 g/mol. The molecule has 0 fully saturated rings. The molecule has 0 aliphatic heterocycles. The molecular formula is C21H25N7O. The first-order valence-electron chi connectivity index (χ1n) is 9.68. The number of carbonyl (C=O) groups excluding carboxylic acids is 1.